The van der Waals surface area contributed by atoms with Crippen LogP contribution in [0.15, 0.2) is 36.5 Å². The lowest BCUT2D eigenvalue weighted by Crippen LogP contribution is -1.94. The lowest BCUT2D eigenvalue weighted by atomic mass is 10.0. The van der Waals surface area contributed by atoms with E-state index in [0.717, 1.165) is 28.7 Å². The monoisotopic (exact) mass is 237 g/mol. The molecule has 18 heavy (non-hydrogen) atoms. The first-order valence-corrected chi connectivity index (χ1v) is 6.08. The van der Waals surface area contributed by atoms with E-state index in [0.29, 0.717) is 0 Å². The maximum absolute atomic E-state index is 4.50. The number of hydrogen-bond acceptors (Lipinski definition) is 2. The molecule has 3 heteroatoms. The number of H-pyrrole nitrogens is 1. The van der Waals surface area contributed by atoms with Crippen LogP contribution in [0.3, 0.4) is 0 Å². The average Bonchev–Trinajstić information content (AvgIpc) is 2.72. The van der Waals surface area contributed by atoms with Crippen LogP contribution in [0, 0.1) is 13.8 Å². The number of aryl methyl sites for hydroxylation is 2. The van der Waals surface area contributed by atoms with Crippen molar-refractivity contribution in [3.63, 3.8) is 0 Å². The molecule has 0 unspecified atom stereocenters. The van der Waals surface area contributed by atoms with Gasteiger partial charge in [0.25, 0.3) is 0 Å². The Hall–Kier alpha value is -2.16. The molecule has 3 rings (SSSR count). The van der Waals surface area contributed by atoms with Crippen LogP contribution in [-0.2, 0) is 6.42 Å². The molecule has 0 saturated heterocycles. The van der Waals surface area contributed by atoms with Gasteiger partial charge in [-0.15, -0.1) is 0 Å². The van der Waals surface area contributed by atoms with Crippen LogP contribution in [0.1, 0.15) is 22.5 Å². The minimum Gasteiger partial charge on any atom is -0.282 e. The predicted molar refractivity (Wildman–Crippen MR) is 72.6 cm³/mol. The van der Waals surface area contributed by atoms with Crippen LogP contribution >= 0.6 is 0 Å². The first-order chi connectivity index (χ1) is 8.74. The molecule has 2 aromatic heterocycles. The summed E-state index contributed by atoms with van der Waals surface area (Å²) in [6.07, 6.45) is 2.67. The Morgan fingerprint density at radius 3 is 2.89 bits per heavy atom. The molecule has 3 aromatic rings. The zero-order valence-corrected chi connectivity index (χ0v) is 10.6. The van der Waals surface area contributed by atoms with Crippen molar-refractivity contribution >= 4 is 10.9 Å². The topological polar surface area (TPSA) is 41.6 Å². The predicted octanol–water partition coefficient (Wildman–Crippen LogP) is 3.17. The fourth-order valence-electron chi connectivity index (χ4n) is 2.34. The van der Waals surface area contributed by atoms with E-state index in [9.17, 15) is 0 Å². The van der Waals surface area contributed by atoms with Crippen LogP contribution < -0.4 is 0 Å². The molecule has 0 bridgehead atoms. The highest BCUT2D eigenvalue weighted by Gasteiger charge is 2.08. The Morgan fingerprint density at radius 2 is 2.06 bits per heavy atom. The summed E-state index contributed by atoms with van der Waals surface area (Å²) < 4.78 is 0. The van der Waals surface area contributed by atoms with Gasteiger partial charge in [0.1, 0.15) is 0 Å². The van der Waals surface area contributed by atoms with Gasteiger partial charge in [-0.1, -0.05) is 29.8 Å². The highest BCUT2D eigenvalue weighted by Crippen LogP contribution is 2.20. The molecule has 0 aliphatic rings. The molecule has 0 atom stereocenters. The van der Waals surface area contributed by atoms with Gasteiger partial charge in [-0.05, 0) is 25.5 Å². The third-order valence-corrected chi connectivity index (χ3v) is 3.18. The summed E-state index contributed by atoms with van der Waals surface area (Å²) in [6.45, 7) is 4.15. The third kappa shape index (κ3) is 1.88. The van der Waals surface area contributed by atoms with Crippen molar-refractivity contribution in [2.75, 3.05) is 0 Å². The zero-order chi connectivity index (χ0) is 12.5. The van der Waals surface area contributed by atoms with Gasteiger partial charge >= 0.3 is 0 Å². The summed E-state index contributed by atoms with van der Waals surface area (Å²) in [5.41, 5.74) is 5.73. The fraction of sp³-hybridized carbons (Fsp3) is 0.200. The lowest BCUT2D eigenvalue weighted by Gasteiger charge is -2.04. The van der Waals surface area contributed by atoms with Gasteiger partial charge in [0.15, 0.2) is 0 Å². The number of nitrogens with one attached hydrogen (secondary N) is 1. The lowest BCUT2D eigenvalue weighted by molar-refractivity contribution is 1.07. The molecule has 0 amide bonds. The number of hydrogen-bond donors (Lipinski definition) is 1. The largest absolute Gasteiger partial charge is 0.282 e. The Labute approximate surface area is 106 Å². The van der Waals surface area contributed by atoms with E-state index in [2.05, 4.69) is 46.4 Å². The van der Waals surface area contributed by atoms with E-state index < -0.39 is 0 Å². The van der Waals surface area contributed by atoms with Crippen molar-refractivity contribution in [1.29, 1.82) is 0 Å². The van der Waals surface area contributed by atoms with Gasteiger partial charge in [-0.3, -0.25) is 10.1 Å². The summed E-state index contributed by atoms with van der Waals surface area (Å²) in [4.78, 5) is 4.50. The van der Waals surface area contributed by atoms with Gasteiger partial charge in [0.2, 0.25) is 0 Å². The van der Waals surface area contributed by atoms with E-state index in [1.54, 1.807) is 0 Å². The molecule has 2 heterocycles. The zero-order valence-electron chi connectivity index (χ0n) is 10.6. The van der Waals surface area contributed by atoms with E-state index in [4.69, 9.17) is 0 Å². The number of aromatic nitrogens is 3. The molecule has 0 spiro atoms. The molecular weight excluding hydrogens is 222 g/mol. The number of benzene rings is 1. The van der Waals surface area contributed by atoms with Gasteiger partial charge in [0.05, 0.1) is 11.2 Å². The summed E-state index contributed by atoms with van der Waals surface area (Å²) >= 11 is 0. The number of aromatic amines is 1. The first kappa shape index (κ1) is 11.0. The van der Waals surface area contributed by atoms with Crippen LogP contribution in [0.5, 0.6) is 0 Å². The summed E-state index contributed by atoms with van der Waals surface area (Å²) in [5.74, 6) is 0. The van der Waals surface area contributed by atoms with Crippen molar-refractivity contribution in [3.05, 3.63) is 59.0 Å². The van der Waals surface area contributed by atoms with Gasteiger partial charge in [-0.2, -0.15) is 5.10 Å². The summed E-state index contributed by atoms with van der Waals surface area (Å²) in [7, 11) is 0. The second kappa shape index (κ2) is 4.26. The molecular formula is C15H15N3. The molecule has 1 N–H and O–H groups in total. The second-order valence-electron chi connectivity index (χ2n) is 4.67. The Balaban J connectivity index is 2.07. The summed E-state index contributed by atoms with van der Waals surface area (Å²) in [5, 5.41) is 8.45. The second-order valence-corrected chi connectivity index (χ2v) is 4.67. The Kier molecular flexibility index (Phi) is 2.59. The Morgan fingerprint density at radius 1 is 1.17 bits per heavy atom. The molecule has 90 valence electrons. The fourth-order valence-corrected chi connectivity index (χ4v) is 2.34. The standard InChI is InChI=1S/C15H15N3/c1-10-4-3-5-12(8-10)9-14-15-11(2)17-18-13(15)6-7-16-14/h3-8H,9H2,1-2H3,(H,17,18). The van der Waals surface area contributed by atoms with E-state index >= 15 is 0 Å². The van der Waals surface area contributed by atoms with E-state index in [1.807, 2.05) is 19.2 Å². The first-order valence-electron chi connectivity index (χ1n) is 6.08. The molecule has 0 aliphatic carbocycles. The smallest absolute Gasteiger partial charge is 0.0957 e. The highest BCUT2D eigenvalue weighted by molar-refractivity contribution is 5.83. The number of fused-ring (bicyclic) bond motifs is 1. The van der Waals surface area contributed by atoms with Crippen LogP contribution in [0.2, 0.25) is 0 Å². The third-order valence-electron chi connectivity index (χ3n) is 3.18. The van der Waals surface area contributed by atoms with Crippen molar-refractivity contribution in [3.8, 4) is 0 Å². The molecule has 3 nitrogen and oxygen atoms in total. The van der Waals surface area contributed by atoms with Crippen molar-refractivity contribution in [2.45, 2.75) is 20.3 Å². The molecule has 0 radical (unpaired) electrons. The summed E-state index contributed by atoms with van der Waals surface area (Å²) in [6, 6.07) is 10.5. The molecule has 0 aliphatic heterocycles. The van der Waals surface area contributed by atoms with Crippen LogP contribution in [0.4, 0.5) is 0 Å². The van der Waals surface area contributed by atoms with E-state index in [-0.39, 0.29) is 0 Å². The highest BCUT2D eigenvalue weighted by atomic mass is 15.1. The van der Waals surface area contributed by atoms with E-state index in [1.165, 1.54) is 11.1 Å². The molecule has 0 fully saturated rings. The quantitative estimate of drug-likeness (QED) is 0.743. The maximum atomic E-state index is 4.50. The SMILES string of the molecule is Cc1cccc(Cc2nccc3n[nH]c(C)c23)c1. The average molecular weight is 237 g/mol. The van der Waals surface area contributed by atoms with Crippen LogP contribution in [-0.4, -0.2) is 15.2 Å². The van der Waals surface area contributed by atoms with Gasteiger partial charge < -0.3 is 0 Å². The van der Waals surface area contributed by atoms with Crippen molar-refractivity contribution < 1.29 is 0 Å². The molecule has 1 aromatic carbocycles. The molecule has 0 saturated carbocycles. The van der Waals surface area contributed by atoms with Gasteiger partial charge in [-0.25, -0.2) is 0 Å². The number of nitrogens with zero attached hydrogens (tertiary/aromatic N) is 2. The van der Waals surface area contributed by atoms with Crippen LogP contribution in [0.25, 0.3) is 10.9 Å². The van der Waals surface area contributed by atoms with Crippen molar-refractivity contribution in [1.82, 2.24) is 15.2 Å². The van der Waals surface area contributed by atoms with Crippen molar-refractivity contribution in [2.24, 2.45) is 0 Å². The maximum Gasteiger partial charge on any atom is 0.0957 e. The number of pyridine rings is 1. The number of rotatable bonds is 2. The minimum absolute atomic E-state index is 0.847. The minimum atomic E-state index is 0.847. The normalized spacial score (nSPS) is 11.0. The van der Waals surface area contributed by atoms with Gasteiger partial charge in [0, 0.05) is 23.7 Å². The Bertz CT molecular complexity index is 698.